The molecule has 2 aromatic carbocycles. The zero-order valence-electron chi connectivity index (χ0n) is 14.2. The lowest BCUT2D eigenvalue weighted by atomic mass is 9.99. The van der Waals surface area contributed by atoms with Crippen LogP contribution in [0.2, 0.25) is 0 Å². The number of methoxy groups -OCH3 is 1. The molecule has 0 aliphatic rings. The molecule has 0 saturated heterocycles. The van der Waals surface area contributed by atoms with Crippen LogP contribution >= 0.6 is 0 Å². The van der Waals surface area contributed by atoms with Crippen molar-refractivity contribution in [2.24, 2.45) is 5.92 Å². The average molecular weight is 322 g/mol. The maximum absolute atomic E-state index is 10.4. The zero-order chi connectivity index (χ0) is 17.1. The van der Waals surface area contributed by atoms with Crippen molar-refractivity contribution in [1.82, 2.24) is 9.78 Å². The third kappa shape index (κ3) is 3.13. The molecule has 124 valence electrons. The van der Waals surface area contributed by atoms with Crippen LogP contribution in [0.3, 0.4) is 0 Å². The van der Waals surface area contributed by atoms with E-state index in [-0.39, 0.29) is 5.88 Å². The molecule has 24 heavy (non-hydrogen) atoms. The Balaban J connectivity index is 2.18. The summed E-state index contributed by atoms with van der Waals surface area (Å²) in [6, 6.07) is 17.7. The summed E-state index contributed by atoms with van der Waals surface area (Å²) in [5, 5.41) is 14.8. The third-order valence-corrected chi connectivity index (χ3v) is 3.94. The minimum Gasteiger partial charge on any atom is -0.497 e. The molecule has 0 aliphatic heterocycles. The molecule has 1 aromatic heterocycles. The highest BCUT2D eigenvalue weighted by molar-refractivity contribution is 5.68. The van der Waals surface area contributed by atoms with Gasteiger partial charge >= 0.3 is 0 Å². The normalized spacial score (nSPS) is 11.0. The third-order valence-electron chi connectivity index (χ3n) is 3.94. The molecule has 0 amide bonds. The van der Waals surface area contributed by atoms with Crippen LogP contribution in [0.5, 0.6) is 11.6 Å². The van der Waals surface area contributed by atoms with Gasteiger partial charge in [-0.05, 0) is 36.6 Å². The van der Waals surface area contributed by atoms with Crippen molar-refractivity contribution in [3.63, 3.8) is 0 Å². The van der Waals surface area contributed by atoms with Gasteiger partial charge in [-0.3, -0.25) is 0 Å². The zero-order valence-corrected chi connectivity index (χ0v) is 14.2. The van der Waals surface area contributed by atoms with E-state index in [9.17, 15) is 5.11 Å². The first-order chi connectivity index (χ1) is 11.6. The Kier molecular flexibility index (Phi) is 4.56. The second-order valence-electron chi connectivity index (χ2n) is 6.22. The van der Waals surface area contributed by atoms with E-state index in [1.54, 1.807) is 7.11 Å². The van der Waals surface area contributed by atoms with E-state index in [1.807, 2.05) is 59.3 Å². The molecular weight excluding hydrogens is 300 g/mol. The minimum atomic E-state index is 0.0957. The van der Waals surface area contributed by atoms with Crippen LogP contribution in [-0.2, 0) is 6.42 Å². The van der Waals surface area contributed by atoms with Crippen molar-refractivity contribution < 1.29 is 9.84 Å². The van der Waals surface area contributed by atoms with Crippen molar-refractivity contribution in [2.45, 2.75) is 20.3 Å². The summed E-state index contributed by atoms with van der Waals surface area (Å²) in [6.07, 6.45) is 0.770. The van der Waals surface area contributed by atoms with Crippen LogP contribution in [0.15, 0.2) is 54.6 Å². The van der Waals surface area contributed by atoms with E-state index in [1.165, 1.54) is 0 Å². The summed E-state index contributed by atoms with van der Waals surface area (Å²) in [7, 11) is 1.64. The Morgan fingerprint density at radius 2 is 1.71 bits per heavy atom. The van der Waals surface area contributed by atoms with E-state index in [2.05, 4.69) is 18.9 Å². The Morgan fingerprint density at radius 1 is 1.04 bits per heavy atom. The first-order valence-corrected chi connectivity index (χ1v) is 8.11. The van der Waals surface area contributed by atoms with Gasteiger partial charge in [0.25, 0.3) is 0 Å². The molecule has 0 saturated carbocycles. The Bertz CT molecular complexity index is 806. The summed E-state index contributed by atoms with van der Waals surface area (Å²) in [4.78, 5) is 0. The maximum atomic E-state index is 10.4. The first kappa shape index (κ1) is 16.1. The highest BCUT2D eigenvalue weighted by atomic mass is 16.5. The molecule has 0 atom stereocenters. The largest absolute Gasteiger partial charge is 0.497 e. The van der Waals surface area contributed by atoms with Crippen LogP contribution in [0.1, 0.15) is 19.4 Å². The highest BCUT2D eigenvalue weighted by Gasteiger charge is 2.20. The molecule has 1 heterocycles. The van der Waals surface area contributed by atoms with Gasteiger partial charge in [0.15, 0.2) is 0 Å². The lowest BCUT2D eigenvalue weighted by molar-refractivity contribution is 0.414. The van der Waals surface area contributed by atoms with E-state index < -0.39 is 0 Å². The molecule has 0 fully saturated rings. The number of benzene rings is 2. The Labute approximate surface area is 142 Å². The van der Waals surface area contributed by atoms with Crippen LogP contribution in [-0.4, -0.2) is 22.0 Å². The minimum absolute atomic E-state index is 0.0957. The van der Waals surface area contributed by atoms with E-state index in [0.717, 1.165) is 34.7 Å². The Hall–Kier alpha value is -2.75. The van der Waals surface area contributed by atoms with Gasteiger partial charge in [0.1, 0.15) is 5.75 Å². The molecule has 4 heteroatoms. The van der Waals surface area contributed by atoms with E-state index in [4.69, 9.17) is 4.74 Å². The summed E-state index contributed by atoms with van der Waals surface area (Å²) in [5.41, 5.74) is 3.75. The molecule has 0 bridgehead atoms. The predicted molar refractivity (Wildman–Crippen MR) is 95.8 cm³/mol. The standard InChI is InChI=1S/C20H22N2O2/c1-14(2)13-18-19(15-7-5-4-6-8-15)22(21-20(18)23)16-9-11-17(24-3)12-10-16/h4-12,14H,13H2,1-3H3,(H,21,23). The fraction of sp³-hybridized carbons (Fsp3) is 0.250. The topological polar surface area (TPSA) is 47.3 Å². The van der Waals surface area contributed by atoms with Gasteiger partial charge in [-0.25, -0.2) is 4.68 Å². The summed E-state index contributed by atoms with van der Waals surface area (Å²) < 4.78 is 7.03. The van der Waals surface area contributed by atoms with Gasteiger partial charge in [-0.1, -0.05) is 44.2 Å². The number of aromatic nitrogens is 2. The van der Waals surface area contributed by atoms with Crippen LogP contribution in [0.25, 0.3) is 16.9 Å². The second-order valence-corrected chi connectivity index (χ2v) is 6.22. The maximum Gasteiger partial charge on any atom is 0.234 e. The molecular formula is C20H22N2O2. The van der Waals surface area contributed by atoms with E-state index in [0.29, 0.717) is 5.92 Å². The fourth-order valence-corrected chi connectivity index (χ4v) is 2.84. The number of aromatic hydroxyl groups is 1. The lowest BCUT2D eigenvalue weighted by Crippen LogP contribution is -2.01. The summed E-state index contributed by atoms with van der Waals surface area (Å²) in [6.45, 7) is 4.28. The van der Waals surface area contributed by atoms with Gasteiger partial charge < -0.3 is 9.84 Å². The molecule has 0 radical (unpaired) electrons. The monoisotopic (exact) mass is 322 g/mol. The summed E-state index contributed by atoms with van der Waals surface area (Å²) in [5.74, 6) is 1.31. The SMILES string of the molecule is COc1ccc(-n2nc(O)c(CC(C)C)c2-c2ccccc2)cc1. The van der Waals surface area contributed by atoms with Crippen molar-refractivity contribution in [2.75, 3.05) is 7.11 Å². The van der Waals surface area contributed by atoms with Crippen molar-refractivity contribution in [1.29, 1.82) is 0 Å². The number of nitrogens with zero attached hydrogens (tertiary/aromatic N) is 2. The molecule has 3 rings (SSSR count). The van der Waals surface area contributed by atoms with E-state index >= 15 is 0 Å². The van der Waals surface area contributed by atoms with Gasteiger partial charge in [0.2, 0.25) is 5.88 Å². The molecule has 4 nitrogen and oxygen atoms in total. The number of rotatable bonds is 5. The summed E-state index contributed by atoms with van der Waals surface area (Å²) >= 11 is 0. The highest BCUT2D eigenvalue weighted by Crippen LogP contribution is 2.34. The predicted octanol–water partition coefficient (Wildman–Crippen LogP) is 4.45. The van der Waals surface area contributed by atoms with Gasteiger partial charge in [0, 0.05) is 11.1 Å². The van der Waals surface area contributed by atoms with Crippen molar-refractivity contribution >= 4 is 0 Å². The quantitative estimate of drug-likeness (QED) is 0.755. The number of hydrogen-bond donors (Lipinski definition) is 1. The molecule has 3 aromatic rings. The van der Waals surface area contributed by atoms with Gasteiger partial charge in [-0.2, -0.15) is 0 Å². The van der Waals surface area contributed by atoms with Crippen LogP contribution in [0, 0.1) is 5.92 Å². The molecule has 1 N–H and O–H groups in total. The molecule has 0 aliphatic carbocycles. The molecule has 0 unspecified atom stereocenters. The fourth-order valence-electron chi connectivity index (χ4n) is 2.84. The van der Waals surface area contributed by atoms with Crippen molar-refractivity contribution in [3.05, 3.63) is 60.2 Å². The number of ether oxygens (including phenoxy) is 1. The lowest BCUT2D eigenvalue weighted by Gasteiger charge is -2.11. The second kappa shape index (κ2) is 6.79. The van der Waals surface area contributed by atoms with Gasteiger partial charge in [0.05, 0.1) is 18.5 Å². The number of hydrogen-bond acceptors (Lipinski definition) is 3. The van der Waals surface area contributed by atoms with Crippen LogP contribution < -0.4 is 4.74 Å². The molecule has 0 spiro atoms. The Morgan fingerprint density at radius 3 is 2.29 bits per heavy atom. The smallest absolute Gasteiger partial charge is 0.234 e. The van der Waals surface area contributed by atoms with Crippen LogP contribution in [0.4, 0.5) is 0 Å². The average Bonchev–Trinajstić information content (AvgIpc) is 2.92. The van der Waals surface area contributed by atoms with Crippen molar-refractivity contribution in [3.8, 4) is 28.6 Å². The van der Waals surface area contributed by atoms with Gasteiger partial charge in [-0.15, -0.1) is 5.10 Å². The first-order valence-electron chi connectivity index (χ1n) is 8.11.